The van der Waals surface area contributed by atoms with Crippen LogP contribution in [0.4, 0.5) is 29.5 Å². The Morgan fingerprint density at radius 1 is 1.18 bits per heavy atom. The van der Waals surface area contributed by atoms with Crippen LogP contribution in [-0.2, 0) is 4.74 Å². The number of anilines is 2. The van der Waals surface area contributed by atoms with E-state index in [-0.39, 0.29) is 11.6 Å². The van der Waals surface area contributed by atoms with Gasteiger partial charge in [0, 0.05) is 18.7 Å². The van der Waals surface area contributed by atoms with Gasteiger partial charge in [0.05, 0.1) is 42.1 Å². The molecule has 1 fully saturated rings. The van der Waals surface area contributed by atoms with Crippen molar-refractivity contribution in [1.82, 2.24) is 19.9 Å². The number of aromatic nitrogens is 3. The number of halogens is 3. The molecule has 1 aliphatic heterocycles. The Hall–Kier alpha value is -3.47. The van der Waals surface area contributed by atoms with Crippen LogP contribution in [0.2, 0.25) is 0 Å². The van der Waals surface area contributed by atoms with E-state index in [1.54, 1.807) is 24.8 Å². The molecule has 0 bridgehead atoms. The molecule has 1 saturated heterocycles. The van der Waals surface area contributed by atoms with Gasteiger partial charge in [-0.15, -0.1) is 0 Å². The lowest BCUT2D eigenvalue weighted by molar-refractivity contribution is 0.0564. The summed E-state index contributed by atoms with van der Waals surface area (Å²) in [6.07, 6.45) is -1.42. The molecule has 4 rings (SSSR count). The van der Waals surface area contributed by atoms with Crippen molar-refractivity contribution in [3.63, 3.8) is 0 Å². The monoisotopic (exact) mass is 460 g/mol. The number of nitrogens with zero attached hydrogens (tertiary/aromatic N) is 4. The summed E-state index contributed by atoms with van der Waals surface area (Å²) in [5.74, 6) is -0.183. The second-order valence-electron chi connectivity index (χ2n) is 7.66. The second kappa shape index (κ2) is 9.57. The molecule has 2 amide bonds. The summed E-state index contributed by atoms with van der Waals surface area (Å²) in [5, 5.41) is 6.38. The fourth-order valence-corrected chi connectivity index (χ4v) is 3.62. The molecule has 1 aliphatic rings. The van der Waals surface area contributed by atoms with Crippen LogP contribution in [0.5, 0.6) is 0 Å². The van der Waals surface area contributed by atoms with Crippen LogP contribution in [-0.4, -0.2) is 52.2 Å². The van der Waals surface area contributed by atoms with Gasteiger partial charge in [-0.05, 0) is 19.9 Å². The summed E-state index contributed by atoms with van der Waals surface area (Å²) in [4.78, 5) is 27.2. The fraction of sp³-hybridized carbons (Fsp3) is 0.364. The van der Waals surface area contributed by atoms with Crippen LogP contribution in [0.1, 0.15) is 36.3 Å². The van der Waals surface area contributed by atoms with Gasteiger partial charge >= 0.3 is 6.03 Å². The number of carbonyl (C=O) groups is 1. The van der Waals surface area contributed by atoms with Crippen molar-refractivity contribution in [1.29, 1.82) is 0 Å². The fourth-order valence-electron chi connectivity index (χ4n) is 3.62. The smallest absolute Gasteiger partial charge is 0.322 e. The van der Waals surface area contributed by atoms with E-state index in [9.17, 15) is 18.0 Å². The Morgan fingerprint density at radius 3 is 2.64 bits per heavy atom. The summed E-state index contributed by atoms with van der Waals surface area (Å²) in [5.41, 5.74) is 0.248. The largest absolute Gasteiger partial charge is 0.378 e. The standard InChI is InChI=1S/C22H23F3N6O2/c1-12(15-4-3-5-16(18(15)23)19(24)25)27-21-17-10-14(11-26-20(17)28-13(2)29-21)30-22(32)31-6-8-33-9-7-31/h3-5,10-12,19H,6-9H2,1-2H3,(H,30,32)(H,26,27,28,29). The molecule has 2 N–H and O–H groups in total. The molecule has 174 valence electrons. The molecule has 0 radical (unpaired) electrons. The van der Waals surface area contributed by atoms with Crippen molar-refractivity contribution in [3.05, 3.63) is 53.2 Å². The first-order valence-electron chi connectivity index (χ1n) is 10.4. The van der Waals surface area contributed by atoms with Crippen LogP contribution in [0.3, 0.4) is 0 Å². The first-order chi connectivity index (χ1) is 15.8. The van der Waals surface area contributed by atoms with E-state index in [1.807, 2.05) is 0 Å². The average Bonchev–Trinajstić information content (AvgIpc) is 2.79. The molecular formula is C22H23F3N6O2. The number of ether oxygens (including phenoxy) is 1. The van der Waals surface area contributed by atoms with E-state index in [0.717, 1.165) is 6.07 Å². The molecule has 2 aromatic heterocycles. The molecule has 1 unspecified atom stereocenters. The Kier molecular flexibility index (Phi) is 6.59. The van der Waals surface area contributed by atoms with Gasteiger partial charge in [-0.25, -0.2) is 32.9 Å². The molecular weight excluding hydrogens is 437 g/mol. The normalized spacial score (nSPS) is 15.0. The van der Waals surface area contributed by atoms with E-state index in [2.05, 4.69) is 25.6 Å². The zero-order valence-electron chi connectivity index (χ0n) is 18.1. The molecule has 8 nitrogen and oxygen atoms in total. The van der Waals surface area contributed by atoms with Crippen molar-refractivity contribution in [2.24, 2.45) is 0 Å². The predicted octanol–water partition coefficient (Wildman–Crippen LogP) is 4.45. The first kappa shape index (κ1) is 22.7. The summed E-state index contributed by atoms with van der Waals surface area (Å²) < 4.78 is 46.1. The molecule has 3 aromatic rings. The van der Waals surface area contributed by atoms with Crippen LogP contribution in [0.15, 0.2) is 30.5 Å². The number of urea groups is 1. The van der Waals surface area contributed by atoms with Crippen LogP contribution < -0.4 is 10.6 Å². The molecule has 1 aromatic carbocycles. The molecule has 33 heavy (non-hydrogen) atoms. The number of fused-ring (bicyclic) bond motifs is 1. The highest BCUT2D eigenvalue weighted by Gasteiger charge is 2.21. The van der Waals surface area contributed by atoms with Crippen LogP contribution in [0.25, 0.3) is 11.0 Å². The van der Waals surface area contributed by atoms with Gasteiger partial charge < -0.3 is 20.3 Å². The summed E-state index contributed by atoms with van der Waals surface area (Å²) in [6, 6.07) is 4.62. The molecule has 0 saturated carbocycles. The highest BCUT2D eigenvalue weighted by atomic mass is 19.3. The molecule has 3 heterocycles. The number of morpholine rings is 1. The zero-order chi connectivity index (χ0) is 23.5. The van der Waals surface area contributed by atoms with Crippen molar-refractivity contribution in [2.45, 2.75) is 26.3 Å². The van der Waals surface area contributed by atoms with Crippen LogP contribution in [0, 0.1) is 12.7 Å². The van der Waals surface area contributed by atoms with Gasteiger partial charge in [0.15, 0.2) is 5.65 Å². The topological polar surface area (TPSA) is 92.3 Å². The molecule has 0 spiro atoms. The van der Waals surface area contributed by atoms with Gasteiger partial charge in [0.2, 0.25) is 0 Å². The number of benzene rings is 1. The lowest BCUT2D eigenvalue weighted by Crippen LogP contribution is -2.43. The summed E-state index contributed by atoms with van der Waals surface area (Å²) in [6.45, 7) is 5.26. The number of alkyl halides is 2. The van der Waals surface area contributed by atoms with Crippen LogP contribution >= 0.6 is 0 Å². The number of amides is 2. The third-order valence-electron chi connectivity index (χ3n) is 5.33. The van der Waals surface area contributed by atoms with Crippen molar-refractivity contribution in [2.75, 3.05) is 36.9 Å². The minimum absolute atomic E-state index is 0.0851. The summed E-state index contributed by atoms with van der Waals surface area (Å²) in [7, 11) is 0. The minimum Gasteiger partial charge on any atom is -0.378 e. The quantitative estimate of drug-likeness (QED) is 0.585. The van der Waals surface area contributed by atoms with E-state index >= 15 is 0 Å². The van der Waals surface area contributed by atoms with Crippen molar-refractivity contribution in [3.8, 4) is 0 Å². The number of carbonyl (C=O) groups excluding carboxylic acids is 1. The van der Waals surface area contributed by atoms with E-state index in [0.29, 0.717) is 54.7 Å². The Morgan fingerprint density at radius 2 is 1.91 bits per heavy atom. The highest BCUT2D eigenvalue weighted by molar-refractivity contribution is 5.94. The van der Waals surface area contributed by atoms with Gasteiger partial charge in [-0.1, -0.05) is 18.2 Å². The minimum atomic E-state index is -2.92. The maximum atomic E-state index is 14.6. The maximum Gasteiger partial charge on any atom is 0.322 e. The lowest BCUT2D eigenvalue weighted by atomic mass is 10.0. The van der Waals surface area contributed by atoms with Gasteiger partial charge in [-0.2, -0.15) is 0 Å². The number of hydrogen-bond donors (Lipinski definition) is 2. The van der Waals surface area contributed by atoms with Gasteiger partial charge in [-0.3, -0.25) is 0 Å². The number of pyridine rings is 1. The molecule has 11 heteroatoms. The SMILES string of the molecule is Cc1nc(NC(C)c2cccc(C(F)F)c2F)c2cc(NC(=O)N3CCOCC3)cnc2n1. The molecule has 1 atom stereocenters. The van der Waals surface area contributed by atoms with Crippen molar-refractivity contribution >= 4 is 28.6 Å². The molecule has 0 aliphatic carbocycles. The summed E-state index contributed by atoms with van der Waals surface area (Å²) >= 11 is 0. The lowest BCUT2D eigenvalue weighted by Gasteiger charge is -2.26. The maximum absolute atomic E-state index is 14.6. The zero-order valence-corrected chi connectivity index (χ0v) is 18.1. The predicted molar refractivity (Wildman–Crippen MR) is 117 cm³/mol. The first-order valence-corrected chi connectivity index (χ1v) is 10.4. The van der Waals surface area contributed by atoms with Gasteiger partial charge in [0.1, 0.15) is 17.5 Å². The number of hydrogen-bond acceptors (Lipinski definition) is 6. The van der Waals surface area contributed by atoms with Crippen molar-refractivity contribution < 1.29 is 22.7 Å². The third kappa shape index (κ3) is 4.98. The number of aryl methyl sites for hydroxylation is 1. The second-order valence-corrected chi connectivity index (χ2v) is 7.66. The Bertz CT molecular complexity index is 1170. The van der Waals surface area contributed by atoms with E-state index in [4.69, 9.17) is 4.74 Å². The Labute approximate surface area is 188 Å². The van der Waals surface area contributed by atoms with Gasteiger partial charge in [0.25, 0.3) is 6.43 Å². The average molecular weight is 460 g/mol. The Balaban J connectivity index is 1.62. The van der Waals surface area contributed by atoms with E-state index in [1.165, 1.54) is 18.3 Å². The third-order valence-corrected chi connectivity index (χ3v) is 5.33. The van der Waals surface area contributed by atoms with E-state index < -0.39 is 23.8 Å². The highest BCUT2D eigenvalue weighted by Crippen LogP contribution is 2.30. The number of nitrogens with one attached hydrogen (secondary N) is 2. The number of rotatable bonds is 5.